The molecule has 1 fully saturated rings. The summed E-state index contributed by atoms with van der Waals surface area (Å²) in [6.45, 7) is 4.53. The van der Waals surface area contributed by atoms with Crippen LogP contribution < -0.4 is 0 Å². The van der Waals surface area contributed by atoms with Gasteiger partial charge in [-0.1, -0.05) is 5.21 Å². The molecule has 0 aromatic carbocycles. The van der Waals surface area contributed by atoms with Gasteiger partial charge in [0.1, 0.15) is 0 Å². The minimum absolute atomic E-state index is 0.00111. The van der Waals surface area contributed by atoms with Crippen LogP contribution in [0.2, 0.25) is 0 Å². The van der Waals surface area contributed by atoms with Crippen molar-refractivity contribution < 1.29 is 14.6 Å². The van der Waals surface area contributed by atoms with Gasteiger partial charge in [0.05, 0.1) is 12.7 Å². The number of carboxylic acids is 1. The highest BCUT2D eigenvalue weighted by Gasteiger charge is 2.18. The summed E-state index contributed by atoms with van der Waals surface area (Å²) < 4.78 is 6.76. The van der Waals surface area contributed by atoms with Crippen molar-refractivity contribution in [2.45, 2.75) is 19.4 Å². The number of carbonyl (C=O) groups is 1. The van der Waals surface area contributed by atoms with Crippen molar-refractivity contribution in [3.63, 3.8) is 0 Å². The molecule has 106 valence electrons. The number of rotatable bonds is 6. The quantitative estimate of drug-likeness (QED) is 0.801. The van der Waals surface area contributed by atoms with Crippen LogP contribution in [-0.4, -0.2) is 64.3 Å². The molecule has 0 spiro atoms. The molecule has 0 aliphatic carbocycles. The second-order valence-electron chi connectivity index (χ2n) is 4.91. The Labute approximate surface area is 112 Å². The molecule has 0 unspecified atom stereocenters. The van der Waals surface area contributed by atoms with Crippen LogP contribution in [0, 0.1) is 5.92 Å². The molecule has 0 atom stereocenters. The third kappa shape index (κ3) is 4.00. The number of aromatic carboxylic acids is 1. The number of ether oxygens (including phenoxy) is 1. The molecule has 2 heterocycles. The highest BCUT2D eigenvalue weighted by molar-refractivity contribution is 5.84. The highest BCUT2D eigenvalue weighted by Crippen LogP contribution is 2.16. The van der Waals surface area contributed by atoms with Crippen LogP contribution >= 0.6 is 0 Å². The molecule has 1 aliphatic heterocycles. The number of carboxylic acid groups (broad SMARTS) is 1. The van der Waals surface area contributed by atoms with Crippen LogP contribution in [-0.2, 0) is 11.3 Å². The lowest BCUT2D eigenvalue weighted by atomic mass is 9.98. The molecule has 0 radical (unpaired) electrons. The Balaban J connectivity index is 1.72. The van der Waals surface area contributed by atoms with Crippen molar-refractivity contribution in [3.8, 4) is 0 Å². The first kappa shape index (κ1) is 14.0. The van der Waals surface area contributed by atoms with E-state index >= 15 is 0 Å². The standard InChI is InChI=1S/C12H20N4O3/c1-19-9-10-2-4-15(5-3-10)6-7-16-8-11(12(17)18)13-14-16/h8,10H,2-7,9H2,1H3,(H,17,18). The first-order chi connectivity index (χ1) is 9.19. The van der Waals surface area contributed by atoms with Gasteiger partial charge in [-0.2, -0.15) is 0 Å². The van der Waals surface area contributed by atoms with Crippen LogP contribution in [0.1, 0.15) is 23.3 Å². The molecule has 19 heavy (non-hydrogen) atoms. The minimum Gasteiger partial charge on any atom is -0.476 e. The molecule has 0 amide bonds. The van der Waals surface area contributed by atoms with Gasteiger partial charge in [0.2, 0.25) is 0 Å². The topological polar surface area (TPSA) is 80.5 Å². The average molecular weight is 268 g/mol. The van der Waals surface area contributed by atoms with Gasteiger partial charge in [-0.25, -0.2) is 4.79 Å². The van der Waals surface area contributed by atoms with E-state index in [0.717, 1.165) is 39.1 Å². The monoisotopic (exact) mass is 268 g/mol. The van der Waals surface area contributed by atoms with Crippen molar-refractivity contribution in [2.24, 2.45) is 5.92 Å². The minimum atomic E-state index is -1.04. The van der Waals surface area contributed by atoms with Gasteiger partial charge in [-0.15, -0.1) is 5.10 Å². The molecule has 0 bridgehead atoms. The Kier molecular flexibility index (Phi) is 4.86. The number of hydrogen-bond donors (Lipinski definition) is 1. The molecule has 1 aromatic rings. The van der Waals surface area contributed by atoms with Gasteiger partial charge in [-0.05, 0) is 31.8 Å². The molecule has 7 nitrogen and oxygen atoms in total. The predicted octanol–water partition coefficient (Wildman–Crippen LogP) is 0.335. The van der Waals surface area contributed by atoms with Crippen molar-refractivity contribution in [1.82, 2.24) is 19.9 Å². The van der Waals surface area contributed by atoms with Gasteiger partial charge >= 0.3 is 5.97 Å². The van der Waals surface area contributed by atoms with Crippen molar-refractivity contribution in [1.29, 1.82) is 0 Å². The fourth-order valence-electron chi connectivity index (χ4n) is 2.36. The maximum Gasteiger partial charge on any atom is 0.358 e. The Morgan fingerprint density at radius 3 is 2.79 bits per heavy atom. The lowest BCUT2D eigenvalue weighted by Crippen LogP contribution is -2.37. The van der Waals surface area contributed by atoms with E-state index in [1.807, 2.05) is 0 Å². The summed E-state index contributed by atoms with van der Waals surface area (Å²) in [5.41, 5.74) is -0.00111. The van der Waals surface area contributed by atoms with Gasteiger partial charge in [0, 0.05) is 20.3 Å². The lowest BCUT2D eigenvalue weighted by molar-refractivity contribution is 0.0690. The summed E-state index contributed by atoms with van der Waals surface area (Å²) in [7, 11) is 1.75. The van der Waals surface area contributed by atoms with Crippen LogP contribution in [0.25, 0.3) is 0 Å². The summed E-state index contributed by atoms with van der Waals surface area (Å²) in [5.74, 6) is -0.363. The zero-order chi connectivity index (χ0) is 13.7. The summed E-state index contributed by atoms with van der Waals surface area (Å²) in [5, 5.41) is 16.2. The largest absolute Gasteiger partial charge is 0.476 e. The van der Waals surface area contributed by atoms with Crippen molar-refractivity contribution in [3.05, 3.63) is 11.9 Å². The van der Waals surface area contributed by atoms with Crippen LogP contribution in [0.5, 0.6) is 0 Å². The number of methoxy groups -OCH3 is 1. The molecule has 1 aromatic heterocycles. The van der Waals surface area contributed by atoms with Crippen LogP contribution in [0.15, 0.2) is 6.20 Å². The molecule has 1 aliphatic rings. The van der Waals surface area contributed by atoms with E-state index in [0.29, 0.717) is 12.5 Å². The zero-order valence-electron chi connectivity index (χ0n) is 11.2. The normalized spacial score (nSPS) is 17.7. The van der Waals surface area contributed by atoms with Gasteiger partial charge in [0.25, 0.3) is 0 Å². The second kappa shape index (κ2) is 6.63. The number of piperidine rings is 1. The van der Waals surface area contributed by atoms with Crippen molar-refractivity contribution >= 4 is 5.97 Å². The van der Waals surface area contributed by atoms with Gasteiger partial charge in [-0.3, -0.25) is 4.68 Å². The highest BCUT2D eigenvalue weighted by atomic mass is 16.5. The van der Waals surface area contributed by atoms with E-state index in [9.17, 15) is 4.79 Å². The summed E-state index contributed by atoms with van der Waals surface area (Å²) in [6, 6.07) is 0. The smallest absolute Gasteiger partial charge is 0.358 e. The first-order valence-electron chi connectivity index (χ1n) is 6.53. The number of aromatic nitrogens is 3. The number of likely N-dealkylation sites (tertiary alicyclic amines) is 1. The SMILES string of the molecule is COCC1CCN(CCn2cc(C(=O)O)nn2)CC1. The van der Waals surface area contributed by atoms with Crippen LogP contribution in [0.3, 0.4) is 0 Å². The second-order valence-corrected chi connectivity index (χ2v) is 4.91. The molecular weight excluding hydrogens is 248 g/mol. The number of nitrogens with zero attached hydrogens (tertiary/aromatic N) is 4. The average Bonchev–Trinajstić information content (AvgIpc) is 2.87. The predicted molar refractivity (Wildman–Crippen MR) is 68.0 cm³/mol. The van der Waals surface area contributed by atoms with E-state index in [1.54, 1.807) is 11.8 Å². The van der Waals surface area contributed by atoms with E-state index in [-0.39, 0.29) is 5.69 Å². The summed E-state index contributed by atoms with van der Waals surface area (Å²) in [4.78, 5) is 13.0. The molecule has 1 N–H and O–H groups in total. The molecular formula is C12H20N4O3. The van der Waals surface area contributed by atoms with E-state index in [2.05, 4.69) is 15.2 Å². The third-order valence-electron chi connectivity index (χ3n) is 3.51. The number of hydrogen-bond acceptors (Lipinski definition) is 5. The zero-order valence-corrected chi connectivity index (χ0v) is 11.2. The Hall–Kier alpha value is -1.47. The van der Waals surface area contributed by atoms with Crippen molar-refractivity contribution in [2.75, 3.05) is 33.4 Å². The molecule has 7 heteroatoms. The molecule has 2 rings (SSSR count). The van der Waals surface area contributed by atoms with E-state index in [1.165, 1.54) is 6.20 Å². The first-order valence-corrected chi connectivity index (χ1v) is 6.53. The summed E-state index contributed by atoms with van der Waals surface area (Å²) >= 11 is 0. The van der Waals surface area contributed by atoms with Gasteiger partial charge in [0.15, 0.2) is 5.69 Å². The van der Waals surface area contributed by atoms with E-state index < -0.39 is 5.97 Å². The Morgan fingerprint density at radius 1 is 1.47 bits per heavy atom. The third-order valence-corrected chi connectivity index (χ3v) is 3.51. The van der Waals surface area contributed by atoms with Crippen LogP contribution in [0.4, 0.5) is 0 Å². The fraction of sp³-hybridized carbons (Fsp3) is 0.750. The molecule has 0 saturated carbocycles. The summed E-state index contributed by atoms with van der Waals surface area (Å²) in [6.07, 6.45) is 3.79. The molecule has 1 saturated heterocycles. The van der Waals surface area contributed by atoms with E-state index in [4.69, 9.17) is 9.84 Å². The maximum atomic E-state index is 10.7. The fourth-order valence-corrected chi connectivity index (χ4v) is 2.36. The maximum absolute atomic E-state index is 10.7. The Morgan fingerprint density at radius 2 is 2.21 bits per heavy atom. The lowest BCUT2D eigenvalue weighted by Gasteiger charge is -2.31. The van der Waals surface area contributed by atoms with Gasteiger partial charge < -0.3 is 14.7 Å². The Bertz CT molecular complexity index is 413.